The van der Waals surface area contributed by atoms with Crippen molar-refractivity contribution < 1.29 is 4.74 Å². The van der Waals surface area contributed by atoms with Crippen molar-refractivity contribution in [1.29, 1.82) is 0 Å². The van der Waals surface area contributed by atoms with Gasteiger partial charge in [-0.1, -0.05) is 40.2 Å². The number of ether oxygens (including phenoxy) is 1. The van der Waals surface area contributed by atoms with Crippen molar-refractivity contribution in [3.05, 3.63) is 63.1 Å². The number of aryl methyl sites for hydroxylation is 2. The third-order valence-corrected chi connectivity index (χ3v) is 4.47. The fraction of sp³-hybridized carbons (Fsp3) is 0.294. The monoisotopic (exact) mass is 333 g/mol. The van der Waals surface area contributed by atoms with E-state index < -0.39 is 0 Å². The second kappa shape index (κ2) is 6.91. The molecular weight excluding hydrogens is 314 g/mol. The molecule has 3 heteroatoms. The van der Waals surface area contributed by atoms with Crippen LogP contribution in [0.25, 0.3) is 0 Å². The van der Waals surface area contributed by atoms with Gasteiger partial charge in [-0.25, -0.2) is 0 Å². The number of benzene rings is 2. The lowest BCUT2D eigenvalue weighted by molar-refractivity contribution is 0.305. The molecule has 0 radical (unpaired) electrons. The van der Waals surface area contributed by atoms with Gasteiger partial charge in [0.15, 0.2) is 0 Å². The van der Waals surface area contributed by atoms with Gasteiger partial charge in [-0.15, -0.1) is 0 Å². The van der Waals surface area contributed by atoms with Crippen LogP contribution in [0.5, 0.6) is 5.75 Å². The van der Waals surface area contributed by atoms with Crippen molar-refractivity contribution in [1.82, 2.24) is 5.32 Å². The molecule has 2 aromatic rings. The Kier molecular flexibility index (Phi) is 5.21. The third-order valence-electron chi connectivity index (χ3n) is 3.22. The number of hydrogen-bond acceptors (Lipinski definition) is 2. The van der Waals surface area contributed by atoms with E-state index in [0.29, 0.717) is 6.61 Å². The Bertz CT molecular complexity index is 555. The molecule has 0 fully saturated rings. The van der Waals surface area contributed by atoms with Gasteiger partial charge in [-0.3, -0.25) is 0 Å². The van der Waals surface area contributed by atoms with Gasteiger partial charge in [0.25, 0.3) is 0 Å². The molecule has 0 aliphatic carbocycles. The molecule has 106 valence electrons. The van der Waals surface area contributed by atoms with Crippen LogP contribution in [0, 0.1) is 13.8 Å². The van der Waals surface area contributed by atoms with Gasteiger partial charge in [-0.05, 0) is 55.3 Å². The van der Waals surface area contributed by atoms with Crippen LogP contribution in [0.2, 0.25) is 0 Å². The third kappa shape index (κ3) is 3.84. The van der Waals surface area contributed by atoms with E-state index >= 15 is 0 Å². The molecule has 2 aromatic carbocycles. The van der Waals surface area contributed by atoms with Crippen molar-refractivity contribution in [3.8, 4) is 5.75 Å². The highest BCUT2D eigenvalue weighted by Crippen LogP contribution is 2.26. The Morgan fingerprint density at radius 2 is 1.55 bits per heavy atom. The molecule has 0 aromatic heterocycles. The summed E-state index contributed by atoms with van der Waals surface area (Å²) in [4.78, 5) is 0. The lowest BCUT2D eigenvalue weighted by Gasteiger charge is -2.10. The van der Waals surface area contributed by atoms with Crippen LogP contribution in [-0.2, 0) is 13.2 Å². The molecular formula is C17H20BrNO. The number of nitrogens with one attached hydrogen (secondary N) is 1. The predicted molar refractivity (Wildman–Crippen MR) is 87.2 cm³/mol. The van der Waals surface area contributed by atoms with Crippen molar-refractivity contribution in [2.75, 3.05) is 7.05 Å². The molecule has 0 saturated carbocycles. The zero-order chi connectivity index (χ0) is 14.5. The molecule has 2 rings (SSSR count). The van der Waals surface area contributed by atoms with Gasteiger partial charge in [0, 0.05) is 11.0 Å². The van der Waals surface area contributed by atoms with Crippen LogP contribution >= 0.6 is 15.9 Å². The standard InChI is InChI=1S/C17H20BrNO/c1-12-8-16(9-13(2)17(12)18)20-11-15-6-4-14(5-7-15)10-19-3/h4-9,19H,10-11H2,1-3H3. The maximum absolute atomic E-state index is 5.87. The molecule has 0 aliphatic heterocycles. The molecule has 0 atom stereocenters. The summed E-state index contributed by atoms with van der Waals surface area (Å²) in [5.41, 5.74) is 4.86. The van der Waals surface area contributed by atoms with Crippen LogP contribution in [0.15, 0.2) is 40.9 Å². The summed E-state index contributed by atoms with van der Waals surface area (Å²) in [5.74, 6) is 0.919. The van der Waals surface area contributed by atoms with Crippen molar-refractivity contribution in [2.45, 2.75) is 27.0 Å². The van der Waals surface area contributed by atoms with Gasteiger partial charge >= 0.3 is 0 Å². The summed E-state index contributed by atoms with van der Waals surface area (Å²) in [6.07, 6.45) is 0. The minimum absolute atomic E-state index is 0.598. The van der Waals surface area contributed by atoms with Gasteiger partial charge in [0.1, 0.15) is 12.4 Å². The first kappa shape index (κ1) is 15.1. The van der Waals surface area contributed by atoms with E-state index in [1.807, 2.05) is 7.05 Å². The van der Waals surface area contributed by atoms with Crippen LogP contribution < -0.4 is 10.1 Å². The normalized spacial score (nSPS) is 10.6. The minimum atomic E-state index is 0.598. The predicted octanol–water partition coefficient (Wildman–Crippen LogP) is 4.36. The van der Waals surface area contributed by atoms with Gasteiger partial charge < -0.3 is 10.1 Å². The average molecular weight is 334 g/mol. The molecule has 0 spiro atoms. The SMILES string of the molecule is CNCc1ccc(COc2cc(C)c(Br)c(C)c2)cc1. The van der Waals surface area contributed by atoms with E-state index in [0.717, 1.165) is 16.8 Å². The topological polar surface area (TPSA) is 21.3 Å². The zero-order valence-corrected chi connectivity index (χ0v) is 13.8. The van der Waals surface area contributed by atoms with E-state index in [-0.39, 0.29) is 0 Å². The molecule has 1 N–H and O–H groups in total. The molecule has 0 bridgehead atoms. The number of halogens is 1. The Morgan fingerprint density at radius 1 is 1.00 bits per heavy atom. The highest BCUT2D eigenvalue weighted by atomic mass is 79.9. The highest BCUT2D eigenvalue weighted by molar-refractivity contribution is 9.10. The molecule has 2 nitrogen and oxygen atoms in total. The van der Waals surface area contributed by atoms with Gasteiger partial charge in [-0.2, -0.15) is 0 Å². The molecule has 0 amide bonds. The van der Waals surface area contributed by atoms with Crippen LogP contribution in [0.1, 0.15) is 22.3 Å². The van der Waals surface area contributed by atoms with E-state index in [9.17, 15) is 0 Å². The van der Waals surface area contributed by atoms with E-state index in [1.165, 1.54) is 22.3 Å². The summed E-state index contributed by atoms with van der Waals surface area (Å²) in [6.45, 7) is 5.65. The minimum Gasteiger partial charge on any atom is -0.489 e. The van der Waals surface area contributed by atoms with Crippen molar-refractivity contribution >= 4 is 15.9 Å². The summed E-state index contributed by atoms with van der Waals surface area (Å²) >= 11 is 3.57. The first-order valence-corrected chi connectivity index (χ1v) is 7.51. The van der Waals surface area contributed by atoms with E-state index in [4.69, 9.17) is 4.74 Å². The van der Waals surface area contributed by atoms with Crippen molar-refractivity contribution in [3.63, 3.8) is 0 Å². The van der Waals surface area contributed by atoms with Gasteiger partial charge in [0.05, 0.1) is 0 Å². The lowest BCUT2D eigenvalue weighted by Crippen LogP contribution is -2.05. The zero-order valence-electron chi connectivity index (χ0n) is 12.2. The summed E-state index contributed by atoms with van der Waals surface area (Å²) < 4.78 is 7.03. The first-order valence-electron chi connectivity index (χ1n) is 6.72. The Labute approximate surface area is 129 Å². The van der Waals surface area contributed by atoms with E-state index in [2.05, 4.69) is 71.5 Å². The van der Waals surface area contributed by atoms with Crippen LogP contribution in [0.3, 0.4) is 0 Å². The number of rotatable bonds is 5. The van der Waals surface area contributed by atoms with Gasteiger partial charge in [0.2, 0.25) is 0 Å². The molecule has 20 heavy (non-hydrogen) atoms. The summed E-state index contributed by atoms with van der Waals surface area (Å²) in [5, 5.41) is 3.14. The first-order chi connectivity index (χ1) is 9.60. The fourth-order valence-corrected chi connectivity index (χ4v) is 2.34. The lowest BCUT2D eigenvalue weighted by atomic mass is 10.1. The van der Waals surface area contributed by atoms with Crippen LogP contribution in [-0.4, -0.2) is 7.05 Å². The largest absolute Gasteiger partial charge is 0.489 e. The second-order valence-corrected chi connectivity index (χ2v) is 5.80. The van der Waals surface area contributed by atoms with Crippen LogP contribution in [0.4, 0.5) is 0 Å². The van der Waals surface area contributed by atoms with E-state index in [1.54, 1.807) is 0 Å². The second-order valence-electron chi connectivity index (χ2n) is 5.01. The smallest absolute Gasteiger partial charge is 0.120 e. The maximum atomic E-state index is 5.87. The Hall–Kier alpha value is -1.32. The summed E-state index contributed by atoms with van der Waals surface area (Å²) in [7, 11) is 1.95. The average Bonchev–Trinajstić information content (AvgIpc) is 2.44. The quantitative estimate of drug-likeness (QED) is 0.877. The molecule has 0 aliphatic rings. The highest BCUT2D eigenvalue weighted by Gasteiger charge is 2.03. The molecule has 0 heterocycles. The number of hydrogen-bond donors (Lipinski definition) is 1. The fourth-order valence-electron chi connectivity index (χ4n) is 2.11. The van der Waals surface area contributed by atoms with Crippen molar-refractivity contribution in [2.24, 2.45) is 0 Å². The molecule has 0 saturated heterocycles. The summed E-state index contributed by atoms with van der Waals surface area (Å²) in [6, 6.07) is 12.6. The molecule has 0 unspecified atom stereocenters. The Balaban J connectivity index is 2.01. The Morgan fingerprint density at radius 3 is 2.10 bits per heavy atom. The maximum Gasteiger partial charge on any atom is 0.120 e.